The highest BCUT2D eigenvalue weighted by molar-refractivity contribution is 6.03. The molecular weight excluding hydrogens is 220 g/mol. The van der Waals surface area contributed by atoms with E-state index in [0.717, 1.165) is 17.2 Å². The van der Waals surface area contributed by atoms with Crippen LogP contribution in [0.5, 0.6) is 5.75 Å². The van der Waals surface area contributed by atoms with Gasteiger partial charge in [0.25, 0.3) is 0 Å². The SMILES string of the molecule is O=CCCc1c2ccoc2c(O)c2ccoc12. The van der Waals surface area contributed by atoms with Crippen LogP contribution in [0.4, 0.5) is 0 Å². The van der Waals surface area contributed by atoms with Gasteiger partial charge in [-0.2, -0.15) is 0 Å². The summed E-state index contributed by atoms with van der Waals surface area (Å²) in [5.41, 5.74) is 1.97. The normalized spacial score (nSPS) is 11.3. The van der Waals surface area contributed by atoms with Crippen LogP contribution >= 0.6 is 0 Å². The van der Waals surface area contributed by atoms with Gasteiger partial charge < -0.3 is 18.7 Å². The minimum Gasteiger partial charge on any atom is -0.504 e. The Kier molecular flexibility index (Phi) is 2.14. The number of carbonyl (C=O) groups excluding carboxylic acids is 1. The van der Waals surface area contributed by atoms with Gasteiger partial charge in [0.15, 0.2) is 11.3 Å². The number of furan rings is 2. The smallest absolute Gasteiger partial charge is 0.176 e. The van der Waals surface area contributed by atoms with E-state index in [1.807, 2.05) is 0 Å². The summed E-state index contributed by atoms with van der Waals surface area (Å²) >= 11 is 0. The zero-order valence-electron chi connectivity index (χ0n) is 8.97. The number of hydrogen-bond donors (Lipinski definition) is 1. The summed E-state index contributed by atoms with van der Waals surface area (Å²) < 4.78 is 10.7. The van der Waals surface area contributed by atoms with Crippen molar-refractivity contribution < 1.29 is 18.7 Å². The van der Waals surface area contributed by atoms with Crippen LogP contribution < -0.4 is 0 Å². The zero-order valence-corrected chi connectivity index (χ0v) is 8.97. The van der Waals surface area contributed by atoms with Crippen LogP contribution in [-0.4, -0.2) is 11.4 Å². The second-order valence-corrected chi connectivity index (χ2v) is 3.86. The minimum absolute atomic E-state index is 0.0867. The van der Waals surface area contributed by atoms with E-state index in [1.165, 1.54) is 12.5 Å². The number of benzene rings is 1. The van der Waals surface area contributed by atoms with Crippen molar-refractivity contribution in [3.05, 3.63) is 30.2 Å². The highest BCUT2D eigenvalue weighted by Crippen LogP contribution is 2.38. The summed E-state index contributed by atoms with van der Waals surface area (Å²) in [4.78, 5) is 10.5. The molecule has 1 aromatic carbocycles. The number of aryl methyl sites for hydroxylation is 1. The molecule has 17 heavy (non-hydrogen) atoms. The molecule has 0 radical (unpaired) electrons. The monoisotopic (exact) mass is 230 g/mol. The maximum absolute atomic E-state index is 10.5. The lowest BCUT2D eigenvalue weighted by atomic mass is 10.0. The van der Waals surface area contributed by atoms with Gasteiger partial charge in [-0.05, 0) is 18.6 Å². The molecular formula is C13H10O4. The van der Waals surface area contributed by atoms with E-state index < -0.39 is 0 Å². The Morgan fingerprint density at radius 1 is 1.12 bits per heavy atom. The van der Waals surface area contributed by atoms with Crippen molar-refractivity contribution >= 4 is 28.2 Å². The van der Waals surface area contributed by atoms with Crippen molar-refractivity contribution in [2.24, 2.45) is 0 Å². The fourth-order valence-electron chi connectivity index (χ4n) is 2.16. The van der Waals surface area contributed by atoms with Gasteiger partial charge in [-0.3, -0.25) is 0 Å². The van der Waals surface area contributed by atoms with Crippen LogP contribution in [0.1, 0.15) is 12.0 Å². The molecule has 4 nitrogen and oxygen atoms in total. The van der Waals surface area contributed by atoms with Crippen LogP contribution in [0.25, 0.3) is 21.9 Å². The third-order valence-electron chi connectivity index (χ3n) is 2.91. The Hall–Kier alpha value is -2.23. The number of carbonyl (C=O) groups is 1. The van der Waals surface area contributed by atoms with Crippen molar-refractivity contribution in [2.45, 2.75) is 12.8 Å². The highest BCUT2D eigenvalue weighted by atomic mass is 16.4. The molecule has 0 spiro atoms. The Morgan fingerprint density at radius 3 is 2.59 bits per heavy atom. The molecule has 0 amide bonds. The van der Waals surface area contributed by atoms with Crippen molar-refractivity contribution in [3.8, 4) is 5.75 Å². The van der Waals surface area contributed by atoms with Crippen LogP contribution in [0.3, 0.4) is 0 Å². The van der Waals surface area contributed by atoms with Crippen LogP contribution in [0.15, 0.2) is 33.5 Å². The van der Waals surface area contributed by atoms with Gasteiger partial charge in [-0.15, -0.1) is 0 Å². The van der Waals surface area contributed by atoms with E-state index in [-0.39, 0.29) is 5.75 Å². The van der Waals surface area contributed by atoms with Crippen molar-refractivity contribution in [3.63, 3.8) is 0 Å². The quantitative estimate of drug-likeness (QED) is 0.702. The molecule has 3 rings (SSSR count). The van der Waals surface area contributed by atoms with E-state index in [2.05, 4.69) is 0 Å². The maximum atomic E-state index is 10.5. The number of fused-ring (bicyclic) bond motifs is 2. The summed E-state index contributed by atoms with van der Waals surface area (Å²) in [6.45, 7) is 0. The Bertz CT molecular complexity index is 638. The van der Waals surface area contributed by atoms with Gasteiger partial charge in [0, 0.05) is 17.4 Å². The predicted octanol–water partition coefficient (Wildman–Crippen LogP) is 3.02. The fraction of sp³-hybridized carbons (Fsp3) is 0.154. The lowest BCUT2D eigenvalue weighted by molar-refractivity contribution is -0.107. The number of phenolic OH excluding ortho intramolecular Hbond substituents is 1. The highest BCUT2D eigenvalue weighted by Gasteiger charge is 2.17. The summed E-state index contributed by atoms with van der Waals surface area (Å²) in [7, 11) is 0. The lowest BCUT2D eigenvalue weighted by Crippen LogP contribution is -1.88. The summed E-state index contributed by atoms with van der Waals surface area (Å²) in [6.07, 6.45) is 4.90. The first-order valence-electron chi connectivity index (χ1n) is 5.34. The largest absolute Gasteiger partial charge is 0.504 e. The molecule has 0 saturated carbocycles. The molecule has 86 valence electrons. The van der Waals surface area contributed by atoms with Gasteiger partial charge >= 0.3 is 0 Å². The lowest BCUT2D eigenvalue weighted by Gasteiger charge is -2.04. The second kappa shape index (κ2) is 3.66. The molecule has 2 heterocycles. The molecule has 0 saturated heterocycles. The summed E-state index contributed by atoms with van der Waals surface area (Å²) in [6, 6.07) is 3.47. The van der Waals surface area contributed by atoms with E-state index in [9.17, 15) is 9.90 Å². The average Bonchev–Trinajstić information content (AvgIpc) is 2.97. The molecule has 2 aromatic heterocycles. The van der Waals surface area contributed by atoms with Gasteiger partial charge in [-0.1, -0.05) is 0 Å². The van der Waals surface area contributed by atoms with Gasteiger partial charge in [0.05, 0.1) is 17.9 Å². The van der Waals surface area contributed by atoms with E-state index in [4.69, 9.17) is 8.83 Å². The van der Waals surface area contributed by atoms with E-state index >= 15 is 0 Å². The molecule has 0 aliphatic rings. The van der Waals surface area contributed by atoms with E-state index in [0.29, 0.717) is 29.4 Å². The third kappa shape index (κ3) is 1.34. The van der Waals surface area contributed by atoms with Crippen molar-refractivity contribution in [1.29, 1.82) is 0 Å². The maximum Gasteiger partial charge on any atom is 0.176 e. The number of rotatable bonds is 3. The topological polar surface area (TPSA) is 63.6 Å². The first-order valence-corrected chi connectivity index (χ1v) is 5.34. The number of hydrogen-bond acceptors (Lipinski definition) is 4. The van der Waals surface area contributed by atoms with Gasteiger partial charge in [0.1, 0.15) is 11.9 Å². The summed E-state index contributed by atoms with van der Waals surface area (Å²) in [5.74, 6) is 0.0867. The molecule has 0 fully saturated rings. The predicted molar refractivity (Wildman–Crippen MR) is 62.0 cm³/mol. The molecule has 0 atom stereocenters. The first-order chi connectivity index (χ1) is 8.33. The number of aldehydes is 1. The van der Waals surface area contributed by atoms with Gasteiger partial charge in [-0.25, -0.2) is 0 Å². The van der Waals surface area contributed by atoms with E-state index in [1.54, 1.807) is 12.1 Å². The Labute approximate surface area is 96.4 Å². The molecule has 1 N–H and O–H groups in total. The molecule has 0 aliphatic heterocycles. The van der Waals surface area contributed by atoms with Crippen LogP contribution in [0.2, 0.25) is 0 Å². The third-order valence-corrected chi connectivity index (χ3v) is 2.91. The van der Waals surface area contributed by atoms with Crippen LogP contribution in [0, 0.1) is 0 Å². The number of phenols is 1. The molecule has 4 heteroatoms. The Morgan fingerprint density at radius 2 is 1.82 bits per heavy atom. The fourth-order valence-corrected chi connectivity index (χ4v) is 2.16. The van der Waals surface area contributed by atoms with Gasteiger partial charge in [0.2, 0.25) is 0 Å². The Balaban J connectivity index is 2.39. The minimum atomic E-state index is 0.0867. The molecule has 0 bridgehead atoms. The average molecular weight is 230 g/mol. The first kappa shape index (κ1) is 9.96. The zero-order chi connectivity index (χ0) is 11.8. The molecule has 0 unspecified atom stereocenters. The van der Waals surface area contributed by atoms with Crippen molar-refractivity contribution in [2.75, 3.05) is 0 Å². The second-order valence-electron chi connectivity index (χ2n) is 3.86. The standard InChI is InChI=1S/C13H10O4/c14-5-1-2-8-9-3-6-17-13(9)11(15)10-4-7-16-12(8)10/h3-7,15H,1-2H2. The number of aromatic hydroxyl groups is 1. The van der Waals surface area contributed by atoms with Crippen LogP contribution in [-0.2, 0) is 11.2 Å². The summed E-state index contributed by atoms with van der Waals surface area (Å²) in [5, 5.41) is 11.4. The molecule has 3 aromatic rings. The van der Waals surface area contributed by atoms with Crippen molar-refractivity contribution in [1.82, 2.24) is 0 Å². The molecule has 0 aliphatic carbocycles.